The Hall–Kier alpha value is -1.56. The van der Waals surface area contributed by atoms with E-state index in [1.54, 1.807) is 4.90 Å². The van der Waals surface area contributed by atoms with E-state index in [1.165, 1.54) is 7.11 Å². The van der Waals surface area contributed by atoms with Crippen LogP contribution in [0.25, 0.3) is 0 Å². The summed E-state index contributed by atoms with van der Waals surface area (Å²) >= 11 is 3.43. The molecule has 0 bridgehead atoms. The van der Waals surface area contributed by atoms with Gasteiger partial charge in [0.15, 0.2) is 0 Å². The second-order valence-electron chi connectivity index (χ2n) is 6.27. The number of halogens is 1. The van der Waals surface area contributed by atoms with Gasteiger partial charge < -0.3 is 9.47 Å². The number of nitrogens with zero attached hydrogens (tertiary/aromatic N) is 1. The minimum atomic E-state index is -0.562. The van der Waals surface area contributed by atoms with Crippen molar-refractivity contribution in [2.75, 3.05) is 18.6 Å². The quantitative estimate of drug-likeness (QED) is 0.742. The van der Waals surface area contributed by atoms with Crippen molar-refractivity contribution < 1.29 is 19.1 Å². The van der Waals surface area contributed by atoms with Gasteiger partial charge in [-0.15, -0.1) is 0 Å². The van der Waals surface area contributed by atoms with Gasteiger partial charge >= 0.3 is 12.1 Å². The maximum absolute atomic E-state index is 12.4. The average molecular weight is 370 g/mol. The highest BCUT2D eigenvalue weighted by Gasteiger charge is 2.36. The van der Waals surface area contributed by atoms with Crippen molar-refractivity contribution >= 4 is 33.7 Å². The van der Waals surface area contributed by atoms with Crippen LogP contribution >= 0.6 is 15.9 Å². The number of ether oxygens (including phenoxy) is 2. The molecule has 0 aliphatic carbocycles. The number of rotatable bonds is 2. The maximum atomic E-state index is 12.4. The van der Waals surface area contributed by atoms with Crippen molar-refractivity contribution in [3.05, 3.63) is 28.2 Å². The van der Waals surface area contributed by atoms with E-state index < -0.39 is 11.7 Å². The Morgan fingerprint density at radius 2 is 2.05 bits per heavy atom. The Bertz CT molecular complexity index is 594. The molecular formula is C16H20BrNO4. The zero-order valence-electron chi connectivity index (χ0n) is 13.2. The topological polar surface area (TPSA) is 55.8 Å². The Labute approximate surface area is 138 Å². The first-order chi connectivity index (χ1) is 10.2. The molecule has 2 rings (SSSR count). The van der Waals surface area contributed by atoms with Crippen LogP contribution in [0.1, 0.15) is 38.7 Å². The summed E-state index contributed by atoms with van der Waals surface area (Å²) in [6.07, 6.45) is -0.164. The summed E-state index contributed by atoms with van der Waals surface area (Å²) in [5.41, 5.74) is 1.17. The van der Waals surface area contributed by atoms with E-state index >= 15 is 0 Å². The van der Waals surface area contributed by atoms with Gasteiger partial charge in [-0.25, -0.2) is 4.79 Å². The molecule has 1 aromatic carbocycles. The minimum absolute atomic E-state index is 0.0903. The number of fused-ring (bicyclic) bond motifs is 1. The zero-order valence-corrected chi connectivity index (χ0v) is 14.8. The lowest BCUT2D eigenvalue weighted by Crippen LogP contribution is -2.36. The minimum Gasteiger partial charge on any atom is -0.469 e. The molecule has 1 aliphatic rings. The molecule has 1 heterocycles. The summed E-state index contributed by atoms with van der Waals surface area (Å²) in [5, 5.41) is 0. The van der Waals surface area contributed by atoms with Crippen molar-refractivity contribution in [3.8, 4) is 0 Å². The van der Waals surface area contributed by atoms with E-state index in [2.05, 4.69) is 15.9 Å². The van der Waals surface area contributed by atoms with Crippen LogP contribution < -0.4 is 4.90 Å². The van der Waals surface area contributed by atoms with Crippen LogP contribution in [-0.4, -0.2) is 31.3 Å². The number of carbonyl (C=O) groups is 2. The summed E-state index contributed by atoms with van der Waals surface area (Å²) in [4.78, 5) is 25.6. The van der Waals surface area contributed by atoms with Gasteiger partial charge in [-0.3, -0.25) is 9.69 Å². The van der Waals surface area contributed by atoms with Crippen LogP contribution in [-0.2, 0) is 14.3 Å². The van der Waals surface area contributed by atoms with Gasteiger partial charge in [0.1, 0.15) is 5.60 Å². The first-order valence-electron chi connectivity index (χ1n) is 7.08. The first-order valence-corrected chi connectivity index (χ1v) is 7.87. The summed E-state index contributed by atoms with van der Waals surface area (Å²) in [6, 6.07) is 5.67. The van der Waals surface area contributed by atoms with Crippen LogP contribution in [0.2, 0.25) is 0 Å². The third-order valence-electron chi connectivity index (χ3n) is 3.38. The molecule has 0 fully saturated rings. The predicted octanol–water partition coefficient (Wildman–Crippen LogP) is 3.85. The van der Waals surface area contributed by atoms with Crippen molar-refractivity contribution in [1.82, 2.24) is 0 Å². The SMILES string of the molecule is COC(=O)CC1CN(C(=O)OC(C)(C)C)c2ccc(Br)cc21. The van der Waals surface area contributed by atoms with Crippen LogP contribution in [0.3, 0.4) is 0 Å². The number of benzene rings is 1. The van der Waals surface area contributed by atoms with Crippen molar-refractivity contribution in [2.45, 2.75) is 38.7 Å². The van der Waals surface area contributed by atoms with Gasteiger partial charge in [0.2, 0.25) is 0 Å². The fraction of sp³-hybridized carbons (Fsp3) is 0.500. The second-order valence-corrected chi connectivity index (χ2v) is 7.19. The number of hydrogen-bond donors (Lipinski definition) is 0. The highest BCUT2D eigenvalue weighted by atomic mass is 79.9. The van der Waals surface area contributed by atoms with Crippen LogP contribution in [0, 0.1) is 0 Å². The highest BCUT2D eigenvalue weighted by molar-refractivity contribution is 9.10. The van der Waals surface area contributed by atoms with Gasteiger partial charge in [-0.05, 0) is 44.5 Å². The number of carbonyl (C=O) groups excluding carboxylic acids is 2. The molecule has 1 atom stereocenters. The second kappa shape index (κ2) is 6.28. The Morgan fingerprint density at radius 3 is 2.64 bits per heavy atom. The van der Waals surface area contributed by atoms with E-state index in [-0.39, 0.29) is 18.3 Å². The van der Waals surface area contributed by atoms with E-state index in [0.29, 0.717) is 6.54 Å². The Balaban J connectivity index is 2.29. The summed E-state index contributed by atoms with van der Waals surface area (Å²) < 4.78 is 11.1. The van der Waals surface area contributed by atoms with Crippen molar-refractivity contribution in [3.63, 3.8) is 0 Å². The molecule has 6 heteroatoms. The normalized spacial score (nSPS) is 17.1. The van der Waals surface area contributed by atoms with E-state index in [4.69, 9.17) is 9.47 Å². The summed E-state index contributed by atoms with van der Waals surface area (Å²) in [5.74, 6) is -0.380. The van der Waals surface area contributed by atoms with E-state index in [1.807, 2.05) is 39.0 Å². The number of amides is 1. The third-order valence-corrected chi connectivity index (χ3v) is 3.87. The van der Waals surface area contributed by atoms with Gasteiger partial charge in [0.05, 0.1) is 19.2 Å². The fourth-order valence-corrected chi connectivity index (χ4v) is 2.84. The molecule has 0 aromatic heterocycles. The molecule has 1 unspecified atom stereocenters. The van der Waals surface area contributed by atoms with Crippen molar-refractivity contribution in [1.29, 1.82) is 0 Å². The highest BCUT2D eigenvalue weighted by Crippen LogP contribution is 2.40. The van der Waals surface area contributed by atoms with Crippen molar-refractivity contribution in [2.24, 2.45) is 0 Å². The summed E-state index contributed by atoms with van der Waals surface area (Å²) in [7, 11) is 1.37. The molecule has 0 saturated heterocycles. The van der Waals surface area contributed by atoms with Gasteiger partial charge in [-0.1, -0.05) is 15.9 Å². The van der Waals surface area contributed by atoms with E-state index in [0.717, 1.165) is 15.7 Å². The molecule has 0 N–H and O–H groups in total. The number of hydrogen-bond acceptors (Lipinski definition) is 4. The molecule has 1 aromatic rings. The monoisotopic (exact) mass is 369 g/mol. The fourth-order valence-electron chi connectivity index (χ4n) is 2.46. The average Bonchev–Trinajstić information content (AvgIpc) is 2.75. The molecule has 1 amide bonds. The van der Waals surface area contributed by atoms with Gasteiger partial charge in [0, 0.05) is 16.9 Å². The maximum Gasteiger partial charge on any atom is 0.414 e. The van der Waals surface area contributed by atoms with E-state index in [9.17, 15) is 9.59 Å². The lowest BCUT2D eigenvalue weighted by Gasteiger charge is -2.25. The molecule has 22 heavy (non-hydrogen) atoms. The lowest BCUT2D eigenvalue weighted by atomic mass is 9.98. The standard InChI is InChI=1S/C16H20BrNO4/c1-16(2,3)22-15(20)18-9-10(7-14(19)21-4)12-8-11(17)5-6-13(12)18/h5-6,8,10H,7,9H2,1-4H3. The van der Waals surface area contributed by atoms with Crippen LogP contribution in [0.4, 0.5) is 10.5 Å². The van der Waals surface area contributed by atoms with Crippen LogP contribution in [0.15, 0.2) is 22.7 Å². The molecule has 0 radical (unpaired) electrons. The number of methoxy groups -OCH3 is 1. The smallest absolute Gasteiger partial charge is 0.414 e. The zero-order chi connectivity index (χ0) is 16.5. The first kappa shape index (κ1) is 16.8. The molecule has 5 nitrogen and oxygen atoms in total. The van der Waals surface area contributed by atoms with Gasteiger partial charge in [0.25, 0.3) is 0 Å². The summed E-state index contributed by atoms with van der Waals surface area (Å²) in [6.45, 7) is 5.90. The molecule has 120 valence electrons. The third kappa shape index (κ3) is 3.80. The Morgan fingerprint density at radius 1 is 1.36 bits per heavy atom. The molecular weight excluding hydrogens is 350 g/mol. The Kier molecular flexibility index (Phi) is 4.80. The lowest BCUT2D eigenvalue weighted by molar-refractivity contribution is -0.141. The molecule has 1 aliphatic heterocycles. The molecule has 0 saturated carbocycles. The van der Waals surface area contributed by atoms with Crippen LogP contribution in [0.5, 0.6) is 0 Å². The van der Waals surface area contributed by atoms with Gasteiger partial charge in [-0.2, -0.15) is 0 Å². The number of esters is 1. The molecule has 0 spiro atoms. The predicted molar refractivity (Wildman–Crippen MR) is 87.1 cm³/mol. The largest absolute Gasteiger partial charge is 0.469 e. The number of anilines is 1.